The summed E-state index contributed by atoms with van der Waals surface area (Å²) in [7, 11) is 0. The van der Waals surface area contributed by atoms with Gasteiger partial charge in [0.15, 0.2) is 0 Å². The Kier molecular flexibility index (Phi) is 4.29. The molecular weight excluding hydrogens is 285 g/mol. The smallest absolute Gasteiger partial charge is 0.276 e. The van der Waals surface area contributed by atoms with Gasteiger partial charge in [0.2, 0.25) is 11.2 Å². The van der Waals surface area contributed by atoms with E-state index in [0.717, 1.165) is 30.5 Å². The summed E-state index contributed by atoms with van der Waals surface area (Å²) in [6.07, 6.45) is 0.985. The fraction of sp³-hybridized carbons (Fsp3) is 0.154. The lowest BCUT2D eigenvalue weighted by molar-refractivity contribution is -0.385. The van der Waals surface area contributed by atoms with Crippen LogP contribution in [0.3, 0.4) is 0 Å². The van der Waals surface area contributed by atoms with Crippen LogP contribution in [0.1, 0.15) is 11.3 Å². The monoisotopic (exact) mass is 295 g/mol. The van der Waals surface area contributed by atoms with Crippen LogP contribution in [0.25, 0.3) is 0 Å². The molecule has 1 N–H and O–H groups in total. The molecule has 0 amide bonds. The molecule has 0 fully saturated rings. The second-order valence-corrected chi connectivity index (χ2v) is 4.05. The summed E-state index contributed by atoms with van der Waals surface area (Å²) < 4.78 is 23.1. The molecule has 0 aliphatic carbocycles. The summed E-state index contributed by atoms with van der Waals surface area (Å²) in [6, 6.07) is 3.98. The first kappa shape index (κ1) is 14.7. The molecule has 1 heterocycles. The standard InChI is InChI=1S/C13H10FNO6/c14-9-1-2-11(15(18)19)8(3-9)6-21-13-7-20-10(5-16)4-12(13)17/h1-4,7,16H,5-6H2. The maximum absolute atomic E-state index is 13.1. The highest BCUT2D eigenvalue weighted by atomic mass is 19.1. The van der Waals surface area contributed by atoms with Gasteiger partial charge in [0.05, 0.1) is 10.5 Å². The van der Waals surface area contributed by atoms with Crippen molar-refractivity contribution in [3.05, 3.63) is 68.0 Å². The molecule has 2 aromatic rings. The SMILES string of the molecule is O=c1cc(CO)occ1OCc1cc(F)ccc1[N+](=O)[O-]. The van der Waals surface area contributed by atoms with E-state index in [1.54, 1.807) is 0 Å². The van der Waals surface area contributed by atoms with Crippen molar-refractivity contribution in [2.24, 2.45) is 0 Å². The van der Waals surface area contributed by atoms with Crippen molar-refractivity contribution in [3.8, 4) is 5.75 Å². The van der Waals surface area contributed by atoms with Crippen molar-refractivity contribution in [1.29, 1.82) is 0 Å². The molecule has 0 saturated carbocycles. The Morgan fingerprint density at radius 3 is 2.76 bits per heavy atom. The van der Waals surface area contributed by atoms with Crippen LogP contribution >= 0.6 is 0 Å². The van der Waals surface area contributed by atoms with Crippen LogP contribution in [-0.2, 0) is 13.2 Å². The van der Waals surface area contributed by atoms with Gasteiger partial charge in [-0.25, -0.2) is 4.39 Å². The lowest BCUT2D eigenvalue weighted by atomic mass is 10.2. The van der Waals surface area contributed by atoms with Gasteiger partial charge in [-0.15, -0.1) is 0 Å². The minimum Gasteiger partial charge on any atom is -0.482 e. The van der Waals surface area contributed by atoms with Crippen LogP contribution in [0.5, 0.6) is 5.75 Å². The Balaban J connectivity index is 2.22. The molecule has 21 heavy (non-hydrogen) atoms. The Bertz CT molecular complexity index is 727. The van der Waals surface area contributed by atoms with Crippen LogP contribution in [-0.4, -0.2) is 10.0 Å². The van der Waals surface area contributed by atoms with E-state index >= 15 is 0 Å². The Morgan fingerprint density at radius 1 is 1.38 bits per heavy atom. The molecule has 110 valence electrons. The highest BCUT2D eigenvalue weighted by Crippen LogP contribution is 2.21. The Morgan fingerprint density at radius 2 is 2.14 bits per heavy atom. The topological polar surface area (TPSA) is 103 Å². The highest BCUT2D eigenvalue weighted by molar-refractivity contribution is 5.40. The number of nitrogens with zero attached hydrogens (tertiary/aromatic N) is 1. The molecule has 1 aromatic heterocycles. The molecule has 0 unspecified atom stereocenters. The summed E-state index contributed by atoms with van der Waals surface area (Å²) in [4.78, 5) is 21.7. The van der Waals surface area contributed by atoms with Gasteiger partial charge in [0.1, 0.15) is 31.1 Å². The Hall–Kier alpha value is -2.74. The molecule has 0 aliphatic rings. The van der Waals surface area contributed by atoms with Gasteiger partial charge in [-0.05, 0) is 12.1 Å². The van der Waals surface area contributed by atoms with E-state index in [2.05, 4.69) is 0 Å². The van der Waals surface area contributed by atoms with Crippen LogP contribution in [0.15, 0.2) is 39.7 Å². The molecule has 0 radical (unpaired) electrons. The normalized spacial score (nSPS) is 10.4. The zero-order valence-corrected chi connectivity index (χ0v) is 10.6. The third-order valence-corrected chi connectivity index (χ3v) is 2.63. The number of ether oxygens (including phenoxy) is 1. The molecule has 0 saturated heterocycles. The van der Waals surface area contributed by atoms with Crippen molar-refractivity contribution in [1.82, 2.24) is 0 Å². The van der Waals surface area contributed by atoms with Gasteiger partial charge in [-0.3, -0.25) is 14.9 Å². The zero-order valence-electron chi connectivity index (χ0n) is 10.6. The van der Waals surface area contributed by atoms with E-state index in [0.29, 0.717) is 0 Å². The summed E-state index contributed by atoms with van der Waals surface area (Å²) in [5.41, 5.74) is -0.872. The van der Waals surface area contributed by atoms with Gasteiger partial charge >= 0.3 is 0 Å². The summed E-state index contributed by atoms with van der Waals surface area (Å²) in [5.74, 6) is -0.781. The van der Waals surface area contributed by atoms with Crippen molar-refractivity contribution >= 4 is 5.69 Å². The molecule has 0 spiro atoms. The van der Waals surface area contributed by atoms with Crippen molar-refractivity contribution in [2.45, 2.75) is 13.2 Å². The van der Waals surface area contributed by atoms with Crippen LogP contribution < -0.4 is 10.2 Å². The van der Waals surface area contributed by atoms with Gasteiger partial charge in [0, 0.05) is 12.1 Å². The van der Waals surface area contributed by atoms with Crippen LogP contribution in [0.2, 0.25) is 0 Å². The number of aliphatic hydroxyl groups excluding tert-OH is 1. The molecule has 2 rings (SSSR count). The number of aliphatic hydroxyl groups is 1. The first-order chi connectivity index (χ1) is 10.0. The maximum atomic E-state index is 13.1. The number of hydrogen-bond donors (Lipinski definition) is 1. The zero-order chi connectivity index (χ0) is 15.4. The number of nitro groups is 1. The first-order valence-corrected chi connectivity index (χ1v) is 5.79. The minimum absolute atomic E-state index is 0.00867. The summed E-state index contributed by atoms with van der Waals surface area (Å²) in [6.45, 7) is -0.803. The number of nitro benzene ring substituents is 1. The quantitative estimate of drug-likeness (QED) is 0.666. The average molecular weight is 295 g/mol. The third kappa shape index (κ3) is 3.42. The number of benzene rings is 1. The summed E-state index contributed by atoms with van der Waals surface area (Å²) in [5, 5.41) is 19.6. The van der Waals surface area contributed by atoms with Crippen molar-refractivity contribution in [2.75, 3.05) is 0 Å². The van der Waals surface area contributed by atoms with Crippen LogP contribution in [0.4, 0.5) is 10.1 Å². The second-order valence-electron chi connectivity index (χ2n) is 4.05. The molecule has 8 heteroatoms. The molecule has 0 aliphatic heterocycles. The predicted octanol–water partition coefficient (Wildman–Crippen LogP) is 1.76. The number of hydrogen-bond acceptors (Lipinski definition) is 6. The third-order valence-electron chi connectivity index (χ3n) is 2.63. The van der Waals surface area contributed by atoms with Gasteiger partial charge < -0.3 is 14.3 Å². The number of rotatable bonds is 5. The lowest BCUT2D eigenvalue weighted by Gasteiger charge is -2.06. The molecule has 7 nitrogen and oxygen atoms in total. The van der Waals surface area contributed by atoms with E-state index in [-0.39, 0.29) is 29.4 Å². The lowest BCUT2D eigenvalue weighted by Crippen LogP contribution is -2.09. The van der Waals surface area contributed by atoms with Gasteiger partial charge in [0.25, 0.3) is 5.69 Å². The van der Waals surface area contributed by atoms with Crippen molar-refractivity contribution in [3.63, 3.8) is 0 Å². The Labute approximate surface area is 117 Å². The highest BCUT2D eigenvalue weighted by Gasteiger charge is 2.15. The second kappa shape index (κ2) is 6.14. The molecule has 0 bridgehead atoms. The largest absolute Gasteiger partial charge is 0.482 e. The van der Waals surface area contributed by atoms with E-state index in [1.165, 1.54) is 0 Å². The van der Waals surface area contributed by atoms with Gasteiger partial charge in [-0.1, -0.05) is 0 Å². The predicted molar refractivity (Wildman–Crippen MR) is 68.3 cm³/mol. The van der Waals surface area contributed by atoms with E-state index < -0.39 is 22.8 Å². The minimum atomic E-state index is -0.671. The van der Waals surface area contributed by atoms with Crippen LogP contribution in [0, 0.1) is 15.9 Å². The maximum Gasteiger partial charge on any atom is 0.276 e. The summed E-state index contributed by atoms with van der Waals surface area (Å²) >= 11 is 0. The van der Waals surface area contributed by atoms with E-state index in [4.69, 9.17) is 14.3 Å². The van der Waals surface area contributed by atoms with E-state index in [9.17, 15) is 19.3 Å². The first-order valence-electron chi connectivity index (χ1n) is 5.79. The van der Waals surface area contributed by atoms with Gasteiger partial charge in [-0.2, -0.15) is 0 Å². The molecule has 1 aromatic carbocycles. The number of halogens is 1. The molecular formula is C13H10FNO6. The van der Waals surface area contributed by atoms with Crippen molar-refractivity contribution < 1.29 is 23.6 Å². The fourth-order valence-corrected chi connectivity index (χ4v) is 1.63. The fourth-order valence-electron chi connectivity index (χ4n) is 1.63. The molecule has 0 atom stereocenters. The average Bonchev–Trinajstić information content (AvgIpc) is 2.45. The van der Waals surface area contributed by atoms with E-state index in [1.807, 2.05) is 0 Å².